The molecular weight excluding hydrogens is 384 g/mol. The second-order valence-electron chi connectivity index (χ2n) is 5.76. The summed E-state index contributed by atoms with van der Waals surface area (Å²) in [6.07, 6.45) is 0.913. The number of benzene rings is 2. The number of aliphatic imine (C=N–C) groups is 1. The lowest BCUT2D eigenvalue weighted by Gasteiger charge is -2.23. The Labute approximate surface area is 155 Å². The number of amides is 1. The fraction of sp³-hybridized carbons (Fsp3) is 0.263. The molecule has 24 heavy (non-hydrogen) atoms. The molecule has 0 aliphatic carbocycles. The highest BCUT2D eigenvalue weighted by Crippen LogP contribution is 2.31. The van der Waals surface area contributed by atoms with E-state index in [0.29, 0.717) is 5.56 Å². The van der Waals surface area contributed by atoms with E-state index in [-0.39, 0.29) is 11.9 Å². The maximum absolute atomic E-state index is 13.1. The number of carbonyl (C=O) groups is 1. The van der Waals surface area contributed by atoms with Crippen LogP contribution < -0.4 is 0 Å². The molecule has 1 heterocycles. The zero-order valence-electron chi connectivity index (χ0n) is 13.7. The van der Waals surface area contributed by atoms with Gasteiger partial charge in [-0.1, -0.05) is 43.0 Å². The van der Waals surface area contributed by atoms with Gasteiger partial charge in [-0.05, 0) is 59.1 Å². The topological polar surface area (TPSA) is 32.7 Å². The van der Waals surface area contributed by atoms with E-state index in [1.165, 1.54) is 0 Å². The minimum Gasteiger partial charge on any atom is -0.283 e. The van der Waals surface area contributed by atoms with Crippen LogP contribution in [0.5, 0.6) is 0 Å². The van der Waals surface area contributed by atoms with Crippen molar-refractivity contribution in [3.8, 4) is 0 Å². The quantitative estimate of drug-likeness (QED) is 0.686. The zero-order valence-corrected chi connectivity index (χ0v) is 16.1. The number of nitrogens with zero attached hydrogens (tertiary/aromatic N) is 2. The minimum absolute atomic E-state index is 0.00530. The standard InChI is InChI=1S/C19H19BrN2OS/c1-3-15-12-24-19(21-14-8-6-7-13(2)11-14)22(15)18(23)16-9-4-5-10-17(16)20/h4-11,15H,3,12H2,1-2H3/t15-/m1/s1. The number of amidine groups is 1. The summed E-state index contributed by atoms with van der Waals surface area (Å²) in [6.45, 7) is 4.16. The smallest absolute Gasteiger partial charge is 0.261 e. The monoisotopic (exact) mass is 402 g/mol. The molecule has 5 heteroatoms. The van der Waals surface area contributed by atoms with Crippen molar-refractivity contribution in [2.45, 2.75) is 26.3 Å². The Bertz CT molecular complexity index is 790. The van der Waals surface area contributed by atoms with Crippen LogP contribution in [-0.2, 0) is 0 Å². The maximum Gasteiger partial charge on any atom is 0.261 e. The normalized spacial score (nSPS) is 19.0. The third kappa shape index (κ3) is 3.57. The van der Waals surface area contributed by atoms with Gasteiger partial charge in [-0.2, -0.15) is 0 Å². The highest BCUT2D eigenvalue weighted by molar-refractivity contribution is 9.10. The summed E-state index contributed by atoms with van der Waals surface area (Å²) < 4.78 is 0.816. The molecule has 0 aromatic heterocycles. The molecule has 2 aromatic rings. The predicted octanol–water partition coefficient (Wildman–Crippen LogP) is 5.41. The van der Waals surface area contributed by atoms with Crippen LogP contribution in [0.2, 0.25) is 0 Å². The molecule has 0 N–H and O–H groups in total. The zero-order chi connectivity index (χ0) is 17.1. The van der Waals surface area contributed by atoms with Crippen LogP contribution in [0.4, 0.5) is 5.69 Å². The van der Waals surface area contributed by atoms with Crippen molar-refractivity contribution in [1.29, 1.82) is 0 Å². The first kappa shape index (κ1) is 17.2. The lowest BCUT2D eigenvalue weighted by atomic mass is 10.1. The number of rotatable bonds is 3. The molecule has 3 nitrogen and oxygen atoms in total. The van der Waals surface area contributed by atoms with Crippen molar-refractivity contribution in [3.63, 3.8) is 0 Å². The molecule has 0 radical (unpaired) electrons. The lowest BCUT2D eigenvalue weighted by molar-refractivity contribution is 0.0818. The van der Waals surface area contributed by atoms with Crippen molar-refractivity contribution < 1.29 is 4.79 Å². The molecule has 124 valence electrons. The number of carbonyl (C=O) groups excluding carboxylic acids is 1. The SMILES string of the molecule is CC[C@@H]1CSC(=Nc2cccc(C)c2)N1C(=O)c1ccccc1Br. The Balaban J connectivity index is 1.98. The number of aryl methyl sites for hydroxylation is 1. The molecule has 2 aromatic carbocycles. The van der Waals surface area contributed by atoms with Gasteiger partial charge < -0.3 is 0 Å². The van der Waals surface area contributed by atoms with Crippen molar-refractivity contribution in [2.75, 3.05) is 5.75 Å². The first-order valence-electron chi connectivity index (χ1n) is 7.96. The number of halogens is 1. The van der Waals surface area contributed by atoms with Gasteiger partial charge in [-0.15, -0.1) is 0 Å². The molecule has 1 amide bonds. The van der Waals surface area contributed by atoms with E-state index in [9.17, 15) is 4.79 Å². The van der Waals surface area contributed by atoms with Gasteiger partial charge in [0.1, 0.15) is 0 Å². The third-order valence-electron chi connectivity index (χ3n) is 4.00. The summed E-state index contributed by atoms with van der Waals surface area (Å²) in [7, 11) is 0. The van der Waals surface area contributed by atoms with Gasteiger partial charge in [-0.25, -0.2) is 4.99 Å². The second kappa shape index (κ2) is 7.53. The van der Waals surface area contributed by atoms with Crippen LogP contribution in [0, 0.1) is 6.92 Å². The first-order valence-corrected chi connectivity index (χ1v) is 9.74. The Morgan fingerprint density at radius 2 is 2.08 bits per heavy atom. The van der Waals surface area contributed by atoms with Crippen molar-refractivity contribution in [1.82, 2.24) is 4.90 Å². The lowest BCUT2D eigenvalue weighted by Crippen LogP contribution is -2.39. The van der Waals surface area contributed by atoms with E-state index in [2.05, 4.69) is 22.9 Å². The third-order valence-corrected chi connectivity index (χ3v) is 5.79. The molecule has 0 spiro atoms. The Hall–Kier alpha value is -1.59. The molecule has 1 fully saturated rings. The van der Waals surface area contributed by atoms with Gasteiger partial charge in [0, 0.05) is 16.3 Å². The van der Waals surface area contributed by atoms with E-state index in [1.54, 1.807) is 11.8 Å². The first-order chi connectivity index (χ1) is 11.6. The van der Waals surface area contributed by atoms with Gasteiger partial charge in [-0.3, -0.25) is 9.69 Å². The number of hydrogen-bond donors (Lipinski definition) is 0. The summed E-state index contributed by atoms with van der Waals surface area (Å²) in [5, 5.41) is 0.785. The largest absolute Gasteiger partial charge is 0.283 e. The van der Waals surface area contributed by atoms with Crippen molar-refractivity contribution in [2.24, 2.45) is 4.99 Å². The van der Waals surface area contributed by atoms with Crippen LogP contribution >= 0.6 is 27.7 Å². The molecule has 3 rings (SSSR count). The second-order valence-corrected chi connectivity index (χ2v) is 7.60. The Morgan fingerprint density at radius 3 is 2.79 bits per heavy atom. The molecule has 1 saturated heterocycles. The molecular formula is C19H19BrN2OS. The fourth-order valence-electron chi connectivity index (χ4n) is 2.68. The summed E-state index contributed by atoms with van der Waals surface area (Å²) in [5.74, 6) is 0.892. The average Bonchev–Trinajstić information content (AvgIpc) is 2.97. The molecule has 0 bridgehead atoms. The van der Waals surface area contributed by atoms with Crippen molar-refractivity contribution in [3.05, 3.63) is 64.1 Å². The molecule has 1 aliphatic rings. The highest BCUT2D eigenvalue weighted by atomic mass is 79.9. The van der Waals surface area contributed by atoms with E-state index >= 15 is 0 Å². The van der Waals surface area contributed by atoms with Gasteiger partial charge in [0.25, 0.3) is 5.91 Å². The number of thioether (sulfide) groups is 1. The maximum atomic E-state index is 13.1. The van der Waals surface area contributed by atoms with E-state index < -0.39 is 0 Å². The van der Waals surface area contributed by atoms with E-state index in [4.69, 9.17) is 4.99 Å². The van der Waals surface area contributed by atoms with Gasteiger partial charge in [0.2, 0.25) is 0 Å². The molecule has 1 atom stereocenters. The van der Waals surface area contributed by atoms with E-state index in [0.717, 1.165) is 33.1 Å². The van der Waals surface area contributed by atoms with Gasteiger partial charge in [0.05, 0.1) is 11.3 Å². The van der Waals surface area contributed by atoms with Crippen LogP contribution in [0.3, 0.4) is 0 Å². The van der Waals surface area contributed by atoms with Crippen LogP contribution in [-0.4, -0.2) is 27.8 Å². The van der Waals surface area contributed by atoms with Crippen molar-refractivity contribution >= 4 is 44.5 Å². The van der Waals surface area contributed by atoms with Gasteiger partial charge >= 0.3 is 0 Å². The Kier molecular flexibility index (Phi) is 5.41. The molecule has 0 unspecified atom stereocenters. The highest BCUT2D eigenvalue weighted by Gasteiger charge is 2.35. The average molecular weight is 403 g/mol. The summed E-state index contributed by atoms with van der Waals surface area (Å²) in [5.41, 5.74) is 2.73. The minimum atomic E-state index is 0.00530. The molecule has 0 saturated carbocycles. The van der Waals surface area contributed by atoms with E-state index in [1.807, 2.05) is 60.4 Å². The van der Waals surface area contributed by atoms with Crippen LogP contribution in [0.15, 0.2) is 58.0 Å². The van der Waals surface area contributed by atoms with Crippen LogP contribution in [0.25, 0.3) is 0 Å². The predicted molar refractivity (Wildman–Crippen MR) is 105 cm³/mol. The van der Waals surface area contributed by atoms with Crippen LogP contribution in [0.1, 0.15) is 29.3 Å². The Morgan fingerprint density at radius 1 is 1.29 bits per heavy atom. The summed E-state index contributed by atoms with van der Waals surface area (Å²) in [6, 6.07) is 15.8. The summed E-state index contributed by atoms with van der Waals surface area (Å²) in [4.78, 5) is 19.7. The van der Waals surface area contributed by atoms with Gasteiger partial charge in [0.15, 0.2) is 5.17 Å². The molecule has 1 aliphatic heterocycles. The summed E-state index contributed by atoms with van der Waals surface area (Å²) >= 11 is 5.14. The fourth-order valence-corrected chi connectivity index (χ4v) is 4.40. The number of hydrogen-bond acceptors (Lipinski definition) is 3.